The van der Waals surface area contributed by atoms with E-state index >= 15 is 0 Å². The highest BCUT2D eigenvalue weighted by Crippen LogP contribution is 2.47. The van der Waals surface area contributed by atoms with Gasteiger partial charge < -0.3 is 39.9 Å². The maximum absolute atomic E-state index is 12.8. The van der Waals surface area contributed by atoms with Crippen LogP contribution in [0.1, 0.15) is 206 Å². The number of carbonyl (C=O) groups is 2. The molecule has 0 aromatic rings. The van der Waals surface area contributed by atoms with E-state index in [1.165, 1.54) is 116 Å². The van der Waals surface area contributed by atoms with Crippen LogP contribution in [0, 0.1) is 0 Å². The SMILES string of the molecule is CCCCCCCC/C=C\CCCCCCCCCC(=O)OC[C@H](COP(=O)(O)OC1C(O)C(O)C(O)[C@@H](O)C1O)OC(=O)CCCCCCCCCCCCCCC. The molecule has 13 nitrogen and oxygen atoms in total. The summed E-state index contributed by atoms with van der Waals surface area (Å²) < 4.78 is 33.5. The Morgan fingerprint density at radius 1 is 0.508 bits per heavy atom. The molecule has 6 unspecified atom stereocenters. The molecule has 1 aliphatic rings. The number of hydrogen-bond donors (Lipinski definition) is 6. The molecule has 8 atom stereocenters. The monoisotopic (exact) mass is 865 g/mol. The fourth-order valence-electron chi connectivity index (χ4n) is 7.28. The van der Waals surface area contributed by atoms with Crippen LogP contribution in [-0.2, 0) is 32.7 Å². The molecule has 0 amide bonds. The van der Waals surface area contributed by atoms with Gasteiger partial charge in [-0.1, -0.05) is 167 Å². The molecule has 0 aliphatic heterocycles. The number of carbonyl (C=O) groups excluding carboxylic acids is 2. The van der Waals surface area contributed by atoms with Gasteiger partial charge in [0.05, 0.1) is 6.61 Å². The van der Waals surface area contributed by atoms with E-state index in [4.69, 9.17) is 18.5 Å². The molecule has 59 heavy (non-hydrogen) atoms. The molecule has 0 radical (unpaired) electrons. The first-order chi connectivity index (χ1) is 28.4. The molecule has 1 saturated carbocycles. The number of unbranched alkanes of at least 4 members (excludes halogenated alkanes) is 25. The molecular formula is C45H85O13P. The van der Waals surface area contributed by atoms with Crippen LogP contribution in [0.4, 0.5) is 0 Å². The zero-order valence-corrected chi connectivity index (χ0v) is 37.7. The molecule has 0 spiro atoms. The van der Waals surface area contributed by atoms with E-state index in [9.17, 15) is 44.6 Å². The van der Waals surface area contributed by atoms with Crippen molar-refractivity contribution in [3.05, 3.63) is 12.2 Å². The molecule has 1 rings (SSSR count). The summed E-state index contributed by atoms with van der Waals surface area (Å²) in [7, 11) is -5.11. The first-order valence-electron chi connectivity index (χ1n) is 23.5. The maximum atomic E-state index is 12.8. The number of allylic oxidation sites excluding steroid dienone is 2. The van der Waals surface area contributed by atoms with E-state index in [0.717, 1.165) is 51.4 Å². The summed E-state index contributed by atoms with van der Waals surface area (Å²) in [5.41, 5.74) is 0. The lowest BCUT2D eigenvalue weighted by molar-refractivity contribution is -0.220. The number of aliphatic hydroxyl groups is 5. The van der Waals surface area contributed by atoms with Crippen molar-refractivity contribution in [2.75, 3.05) is 13.2 Å². The Bertz CT molecular complexity index is 1090. The van der Waals surface area contributed by atoms with Gasteiger partial charge in [0, 0.05) is 12.8 Å². The summed E-state index contributed by atoms with van der Waals surface area (Å²) in [4.78, 5) is 35.7. The summed E-state index contributed by atoms with van der Waals surface area (Å²) in [6.45, 7) is 3.30. The van der Waals surface area contributed by atoms with Crippen LogP contribution in [0.25, 0.3) is 0 Å². The number of phosphoric acid groups is 1. The molecule has 0 heterocycles. The summed E-state index contributed by atoms with van der Waals surface area (Å²) in [5.74, 6) is -1.09. The highest BCUT2D eigenvalue weighted by Gasteiger charge is 2.51. The first-order valence-corrected chi connectivity index (χ1v) is 25.0. The Morgan fingerprint density at radius 2 is 0.864 bits per heavy atom. The average molecular weight is 865 g/mol. The van der Waals surface area contributed by atoms with E-state index in [1.54, 1.807) is 0 Å². The van der Waals surface area contributed by atoms with Crippen molar-refractivity contribution in [3.8, 4) is 0 Å². The smallest absolute Gasteiger partial charge is 0.462 e. The standard InChI is InChI=1S/C45H85O13P/c1-3-5-7-9-11-13-15-17-18-19-20-22-23-25-27-29-31-33-38(46)55-35-37(36-56-59(53,54)58-45-43(51)41(49)40(48)42(50)44(45)52)57-39(47)34-32-30-28-26-24-21-16-14-12-10-8-6-4-2/h17-18,37,40-45,48-52H,3-16,19-36H2,1-2H3,(H,53,54)/b18-17-/t37-,40?,41-,42?,43?,44?,45?/m1/s1. The largest absolute Gasteiger partial charge is 0.472 e. The van der Waals surface area contributed by atoms with Crippen LogP contribution < -0.4 is 0 Å². The van der Waals surface area contributed by atoms with Crippen LogP contribution in [0.2, 0.25) is 0 Å². The van der Waals surface area contributed by atoms with Crippen molar-refractivity contribution >= 4 is 19.8 Å². The quantitative estimate of drug-likeness (QED) is 0.0148. The Balaban J connectivity index is 2.44. The molecule has 0 bridgehead atoms. The van der Waals surface area contributed by atoms with Crippen molar-refractivity contribution < 1.29 is 63.1 Å². The predicted octanol–water partition coefficient (Wildman–Crippen LogP) is 9.06. The molecule has 14 heteroatoms. The van der Waals surface area contributed by atoms with E-state index in [-0.39, 0.29) is 12.8 Å². The topological polar surface area (TPSA) is 210 Å². The third-order valence-electron chi connectivity index (χ3n) is 11.1. The van der Waals surface area contributed by atoms with Crippen molar-refractivity contribution in [2.45, 2.75) is 249 Å². The fraction of sp³-hybridized carbons (Fsp3) is 0.911. The van der Waals surface area contributed by atoms with E-state index < -0.39 is 75.7 Å². The number of aliphatic hydroxyl groups excluding tert-OH is 5. The molecule has 0 aromatic heterocycles. The average Bonchev–Trinajstić information content (AvgIpc) is 3.21. The van der Waals surface area contributed by atoms with Gasteiger partial charge in [0.2, 0.25) is 0 Å². The van der Waals surface area contributed by atoms with Crippen LogP contribution in [0.5, 0.6) is 0 Å². The molecular weight excluding hydrogens is 779 g/mol. The van der Waals surface area contributed by atoms with Gasteiger partial charge in [-0.25, -0.2) is 4.57 Å². The van der Waals surface area contributed by atoms with Gasteiger partial charge in [0.25, 0.3) is 0 Å². The number of phosphoric ester groups is 1. The molecule has 1 fully saturated rings. The second kappa shape index (κ2) is 36.1. The van der Waals surface area contributed by atoms with Crippen LogP contribution >= 0.6 is 7.82 Å². The van der Waals surface area contributed by atoms with Crippen molar-refractivity contribution in [3.63, 3.8) is 0 Å². The number of ether oxygens (including phenoxy) is 2. The van der Waals surface area contributed by atoms with E-state index in [0.29, 0.717) is 12.8 Å². The summed E-state index contributed by atoms with van der Waals surface area (Å²) in [5, 5.41) is 50.1. The highest BCUT2D eigenvalue weighted by atomic mass is 31.2. The van der Waals surface area contributed by atoms with Crippen LogP contribution in [0.3, 0.4) is 0 Å². The maximum Gasteiger partial charge on any atom is 0.472 e. The fourth-order valence-corrected chi connectivity index (χ4v) is 8.26. The Morgan fingerprint density at radius 3 is 1.29 bits per heavy atom. The van der Waals surface area contributed by atoms with Crippen LogP contribution in [0.15, 0.2) is 12.2 Å². The van der Waals surface area contributed by atoms with Gasteiger partial charge in [-0.3, -0.25) is 18.6 Å². The molecule has 348 valence electrons. The minimum atomic E-state index is -5.11. The summed E-state index contributed by atoms with van der Waals surface area (Å²) in [6.07, 6.45) is 24.1. The van der Waals surface area contributed by atoms with Gasteiger partial charge in [-0.2, -0.15) is 0 Å². The Labute approximate surface area is 356 Å². The van der Waals surface area contributed by atoms with Crippen LogP contribution in [-0.4, -0.2) is 98.3 Å². The Hall–Kier alpha value is -1.41. The second-order valence-corrected chi connectivity index (χ2v) is 18.0. The molecule has 6 N–H and O–H groups in total. The lowest BCUT2D eigenvalue weighted by Crippen LogP contribution is -2.64. The molecule has 0 saturated heterocycles. The van der Waals surface area contributed by atoms with E-state index in [2.05, 4.69) is 26.0 Å². The number of hydrogen-bond acceptors (Lipinski definition) is 12. The lowest BCUT2D eigenvalue weighted by atomic mass is 9.85. The minimum Gasteiger partial charge on any atom is -0.462 e. The predicted molar refractivity (Wildman–Crippen MR) is 231 cm³/mol. The summed E-state index contributed by atoms with van der Waals surface area (Å²) in [6, 6.07) is 0. The minimum absolute atomic E-state index is 0.101. The normalized spacial score (nSPS) is 22.4. The van der Waals surface area contributed by atoms with Gasteiger partial charge in [-0.05, 0) is 38.5 Å². The van der Waals surface area contributed by atoms with Gasteiger partial charge in [-0.15, -0.1) is 0 Å². The van der Waals surface area contributed by atoms with Gasteiger partial charge >= 0.3 is 19.8 Å². The second-order valence-electron chi connectivity index (χ2n) is 16.6. The Kier molecular flexibility index (Phi) is 34.0. The van der Waals surface area contributed by atoms with Crippen molar-refractivity contribution in [2.24, 2.45) is 0 Å². The molecule has 0 aromatic carbocycles. The van der Waals surface area contributed by atoms with Crippen molar-refractivity contribution in [1.29, 1.82) is 0 Å². The zero-order valence-electron chi connectivity index (χ0n) is 36.8. The third kappa shape index (κ3) is 28.7. The van der Waals surface area contributed by atoms with E-state index in [1.807, 2.05) is 0 Å². The van der Waals surface area contributed by atoms with Gasteiger partial charge in [0.1, 0.15) is 43.2 Å². The molecule has 1 aliphatic carbocycles. The highest BCUT2D eigenvalue weighted by molar-refractivity contribution is 7.47. The van der Waals surface area contributed by atoms with Gasteiger partial charge in [0.15, 0.2) is 6.10 Å². The first kappa shape index (κ1) is 55.6. The number of rotatable bonds is 39. The lowest BCUT2D eigenvalue weighted by Gasteiger charge is -2.41. The summed E-state index contributed by atoms with van der Waals surface area (Å²) >= 11 is 0. The zero-order chi connectivity index (χ0) is 43.6. The number of esters is 2. The third-order valence-corrected chi connectivity index (χ3v) is 12.1. The van der Waals surface area contributed by atoms with Crippen molar-refractivity contribution in [1.82, 2.24) is 0 Å².